The van der Waals surface area contributed by atoms with Gasteiger partial charge < -0.3 is 25.1 Å². The normalized spacial score (nSPS) is 15.6. The van der Waals surface area contributed by atoms with Crippen molar-refractivity contribution >= 4 is 17.0 Å². The first-order chi connectivity index (χ1) is 15.6. The summed E-state index contributed by atoms with van der Waals surface area (Å²) in [5, 5.41) is 0. The number of aromatic amines is 1. The van der Waals surface area contributed by atoms with E-state index in [-0.39, 0.29) is 17.5 Å². The summed E-state index contributed by atoms with van der Waals surface area (Å²) in [7, 11) is 0. The van der Waals surface area contributed by atoms with Gasteiger partial charge in [0.15, 0.2) is 11.5 Å². The summed E-state index contributed by atoms with van der Waals surface area (Å²) in [6.45, 7) is 13.5. The maximum Gasteiger partial charge on any atom is 0.327 e. The van der Waals surface area contributed by atoms with Gasteiger partial charge in [0.2, 0.25) is 0 Å². The number of nitrogen functional groups attached to an aromatic ring is 1. The zero-order valence-electron chi connectivity index (χ0n) is 19.6. The van der Waals surface area contributed by atoms with Gasteiger partial charge in [-0.05, 0) is 32.7 Å². The Morgan fingerprint density at radius 3 is 2.38 bits per heavy atom. The molecule has 0 aromatic carbocycles. The fourth-order valence-corrected chi connectivity index (χ4v) is 3.97. The average molecular weight is 450 g/mol. The molecule has 3 rings (SSSR count). The standard InChI is InChI=1S/C22H39N7O3/c1-3-5-16-32-21-25-19(23)18-20(26-21)29(22(30)24-18)10-8-6-7-9-27-11-13-28(14-12-27)15-17-31-4-2/h3-17H2,1-2H3,(H,24,30)(H2,23,25,26). The molecule has 0 amide bonds. The molecule has 0 radical (unpaired) electrons. The van der Waals surface area contributed by atoms with Gasteiger partial charge in [-0.1, -0.05) is 19.8 Å². The van der Waals surface area contributed by atoms with Gasteiger partial charge in [0.05, 0.1) is 13.2 Å². The van der Waals surface area contributed by atoms with Crippen LogP contribution in [0, 0.1) is 0 Å². The van der Waals surface area contributed by atoms with Crippen LogP contribution in [-0.2, 0) is 11.3 Å². The molecular weight excluding hydrogens is 410 g/mol. The topological polar surface area (TPSA) is 115 Å². The molecule has 0 unspecified atom stereocenters. The average Bonchev–Trinajstić information content (AvgIpc) is 3.11. The van der Waals surface area contributed by atoms with E-state index in [2.05, 4.69) is 31.7 Å². The molecule has 0 saturated carbocycles. The quantitative estimate of drug-likeness (QED) is 0.419. The Balaban J connectivity index is 1.42. The summed E-state index contributed by atoms with van der Waals surface area (Å²) in [5.41, 5.74) is 6.83. The van der Waals surface area contributed by atoms with Crippen molar-refractivity contribution < 1.29 is 9.47 Å². The minimum absolute atomic E-state index is 0.199. The van der Waals surface area contributed by atoms with Crippen LogP contribution in [-0.4, -0.2) is 88.4 Å². The SMILES string of the molecule is CCCCOc1nc(N)c2[nH]c(=O)n(CCCCCN3CCN(CCOCC)CC3)c2n1. The maximum absolute atomic E-state index is 12.4. The summed E-state index contributed by atoms with van der Waals surface area (Å²) >= 11 is 0. The Morgan fingerprint density at radius 2 is 1.66 bits per heavy atom. The fourth-order valence-electron chi connectivity index (χ4n) is 3.97. The highest BCUT2D eigenvalue weighted by Crippen LogP contribution is 2.18. The van der Waals surface area contributed by atoms with Gasteiger partial charge >= 0.3 is 11.7 Å². The van der Waals surface area contributed by atoms with E-state index in [1.165, 1.54) is 0 Å². The van der Waals surface area contributed by atoms with Crippen molar-refractivity contribution in [3.63, 3.8) is 0 Å². The van der Waals surface area contributed by atoms with Crippen molar-refractivity contribution in [1.82, 2.24) is 29.3 Å². The number of aryl methyl sites for hydroxylation is 1. The van der Waals surface area contributed by atoms with Crippen molar-refractivity contribution in [2.75, 3.05) is 64.8 Å². The van der Waals surface area contributed by atoms with E-state index in [1.807, 2.05) is 6.92 Å². The molecule has 3 heterocycles. The van der Waals surface area contributed by atoms with Crippen molar-refractivity contribution in [3.8, 4) is 6.01 Å². The number of imidazole rings is 1. The highest BCUT2D eigenvalue weighted by Gasteiger charge is 2.17. The van der Waals surface area contributed by atoms with Gasteiger partial charge in [-0.15, -0.1) is 0 Å². The Morgan fingerprint density at radius 1 is 0.938 bits per heavy atom. The third kappa shape index (κ3) is 6.91. The smallest absolute Gasteiger partial charge is 0.327 e. The van der Waals surface area contributed by atoms with Crippen LogP contribution in [0.4, 0.5) is 5.82 Å². The molecule has 0 aliphatic carbocycles. The Labute approximate surface area is 190 Å². The number of anilines is 1. The first-order valence-corrected chi connectivity index (χ1v) is 12.0. The number of ether oxygens (including phenoxy) is 2. The van der Waals surface area contributed by atoms with Crippen molar-refractivity contribution in [2.45, 2.75) is 52.5 Å². The number of nitrogens with one attached hydrogen (secondary N) is 1. The summed E-state index contributed by atoms with van der Waals surface area (Å²) in [6, 6.07) is 0.233. The van der Waals surface area contributed by atoms with Crippen LogP contribution in [0.1, 0.15) is 46.0 Å². The van der Waals surface area contributed by atoms with Gasteiger partial charge in [-0.2, -0.15) is 9.97 Å². The molecule has 1 aliphatic heterocycles. The summed E-state index contributed by atoms with van der Waals surface area (Å²) < 4.78 is 12.7. The van der Waals surface area contributed by atoms with Crippen LogP contribution < -0.4 is 16.2 Å². The number of rotatable bonds is 14. The van der Waals surface area contributed by atoms with Crippen LogP contribution in [0.5, 0.6) is 6.01 Å². The predicted molar refractivity (Wildman–Crippen MR) is 126 cm³/mol. The number of unbranched alkanes of at least 4 members (excludes halogenated alkanes) is 3. The zero-order valence-corrected chi connectivity index (χ0v) is 19.6. The molecule has 0 bridgehead atoms. The molecule has 10 nitrogen and oxygen atoms in total. The molecule has 1 aliphatic rings. The lowest BCUT2D eigenvalue weighted by molar-refractivity contribution is 0.0803. The molecular formula is C22H39N7O3. The summed E-state index contributed by atoms with van der Waals surface area (Å²) in [5.74, 6) is 0.248. The Bertz CT molecular complexity index is 874. The number of piperazine rings is 1. The van der Waals surface area contributed by atoms with E-state index in [0.29, 0.717) is 24.3 Å². The van der Waals surface area contributed by atoms with E-state index >= 15 is 0 Å². The molecule has 2 aromatic heterocycles. The number of nitrogens with two attached hydrogens (primary N) is 1. The molecule has 32 heavy (non-hydrogen) atoms. The second-order valence-electron chi connectivity index (χ2n) is 8.31. The second-order valence-corrected chi connectivity index (χ2v) is 8.31. The van der Waals surface area contributed by atoms with Crippen LogP contribution >= 0.6 is 0 Å². The number of H-pyrrole nitrogens is 1. The lowest BCUT2D eigenvalue weighted by atomic mass is 10.2. The lowest BCUT2D eigenvalue weighted by Crippen LogP contribution is -2.47. The highest BCUT2D eigenvalue weighted by molar-refractivity contribution is 5.81. The molecule has 1 fully saturated rings. The van der Waals surface area contributed by atoms with Gasteiger partial charge in [-0.3, -0.25) is 9.47 Å². The van der Waals surface area contributed by atoms with Gasteiger partial charge in [0, 0.05) is 45.9 Å². The third-order valence-corrected chi connectivity index (χ3v) is 5.94. The Hall–Kier alpha value is -2.17. The molecule has 0 spiro atoms. The van der Waals surface area contributed by atoms with E-state index in [1.54, 1.807) is 4.57 Å². The van der Waals surface area contributed by atoms with Crippen molar-refractivity contribution in [2.24, 2.45) is 0 Å². The fraction of sp³-hybridized carbons (Fsp3) is 0.773. The highest BCUT2D eigenvalue weighted by atomic mass is 16.5. The molecule has 1 saturated heterocycles. The maximum atomic E-state index is 12.4. The van der Waals surface area contributed by atoms with E-state index in [0.717, 1.165) is 84.6 Å². The number of hydrogen-bond acceptors (Lipinski definition) is 8. The van der Waals surface area contributed by atoms with Crippen LogP contribution in [0.2, 0.25) is 0 Å². The molecule has 3 N–H and O–H groups in total. The van der Waals surface area contributed by atoms with E-state index in [4.69, 9.17) is 15.2 Å². The Kier molecular flexibility index (Phi) is 9.76. The number of hydrogen-bond donors (Lipinski definition) is 2. The minimum Gasteiger partial charge on any atom is -0.463 e. The molecule has 2 aromatic rings. The molecule has 180 valence electrons. The lowest BCUT2D eigenvalue weighted by Gasteiger charge is -2.34. The first-order valence-electron chi connectivity index (χ1n) is 12.0. The minimum atomic E-state index is -0.199. The number of aromatic nitrogens is 4. The molecule has 10 heteroatoms. The monoisotopic (exact) mass is 449 g/mol. The number of nitrogens with zero attached hydrogens (tertiary/aromatic N) is 5. The zero-order chi connectivity index (χ0) is 22.8. The summed E-state index contributed by atoms with van der Waals surface area (Å²) in [6.07, 6.45) is 5.04. The van der Waals surface area contributed by atoms with Gasteiger partial charge in [-0.25, -0.2) is 4.79 Å². The van der Waals surface area contributed by atoms with Gasteiger partial charge in [0.25, 0.3) is 0 Å². The second kappa shape index (κ2) is 12.8. The van der Waals surface area contributed by atoms with Crippen LogP contribution in [0.25, 0.3) is 11.2 Å². The van der Waals surface area contributed by atoms with Gasteiger partial charge in [0.1, 0.15) is 5.52 Å². The first kappa shape index (κ1) is 24.5. The largest absolute Gasteiger partial charge is 0.463 e. The van der Waals surface area contributed by atoms with E-state index < -0.39 is 0 Å². The predicted octanol–water partition coefficient (Wildman–Crippen LogP) is 1.71. The van der Waals surface area contributed by atoms with Crippen LogP contribution in [0.3, 0.4) is 0 Å². The molecule has 0 atom stereocenters. The summed E-state index contributed by atoms with van der Waals surface area (Å²) in [4.78, 5) is 28.8. The van der Waals surface area contributed by atoms with Crippen LogP contribution in [0.15, 0.2) is 4.79 Å². The third-order valence-electron chi connectivity index (χ3n) is 5.94. The van der Waals surface area contributed by atoms with Crippen molar-refractivity contribution in [3.05, 3.63) is 10.5 Å². The van der Waals surface area contributed by atoms with Crippen molar-refractivity contribution in [1.29, 1.82) is 0 Å². The van der Waals surface area contributed by atoms with E-state index in [9.17, 15) is 4.79 Å². The number of fused-ring (bicyclic) bond motifs is 1.